The van der Waals surface area contributed by atoms with Gasteiger partial charge in [-0.15, -0.1) is 0 Å². The van der Waals surface area contributed by atoms with Gasteiger partial charge in [0.05, 0.1) is 6.61 Å². The molecule has 1 N–H and O–H groups in total. The number of hydrogen-bond donors (Lipinski definition) is 1. The van der Waals surface area contributed by atoms with Gasteiger partial charge in [-0.25, -0.2) is 0 Å². The minimum absolute atomic E-state index is 0.626. The number of fused-ring (bicyclic) bond motifs is 2. The summed E-state index contributed by atoms with van der Waals surface area (Å²) in [6.45, 7) is 1.90. The molecule has 3 fully saturated rings. The highest BCUT2D eigenvalue weighted by Gasteiger charge is 2.38. The Morgan fingerprint density at radius 2 is 1.81 bits per heavy atom. The third-order valence-corrected chi connectivity index (χ3v) is 4.73. The maximum Gasteiger partial charge on any atom is 0.0619 e. The quantitative estimate of drug-likeness (QED) is 0.767. The van der Waals surface area contributed by atoms with Crippen molar-refractivity contribution >= 4 is 0 Å². The van der Waals surface area contributed by atoms with Crippen molar-refractivity contribution in [3.63, 3.8) is 0 Å². The summed E-state index contributed by atoms with van der Waals surface area (Å²) in [6.07, 6.45) is 8.08. The monoisotopic (exact) mass is 224 g/mol. The van der Waals surface area contributed by atoms with Crippen molar-refractivity contribution in [3.05, 3.63) is 0 Å². The van der Waals surface area contributed by atoms with Crippen molar-refractivity contribution in [1.82, 2.24) is 10.2 Å². The molecule has 3 nitrogen and oxygen atoms in total. The molecule has 3 aliphatic rings. The molecule has 3 heterocycles. The predicted molar refractivity (Wildman–Crippen MR) is 64.6 cm³/mol. The first-order valence-corrected chi connectivity index (χ1v) is 6.88. The Balaban J connectivity index is 1.53. The van der Waals surface area contributed by atoms with E-state index in [1.807, 2.05) is 0 Å². The van der Waals surface area contributed by atoms with Crippen molar-refractivity contribution in [2.24, 2.45) is 0 Å². The largest absolute Gasteiger partial charge is 0.380 e. The van der Waals surface area contributed by atoms with Crippen LogP contribution in [0.15, 0.2) is 0 Å². The molecule has 0 aliphatic carbocycles. The summed E-state index contributed by atoms with van der Waals surface area (Å²) in [5.74, 6) is 0. The van der Waals surface area contributed by atoms with Gasteiger partial charge in [0.2, 0.25) is 0 Å². The number of ether oxygens (including phenoxy) is 1. The Kier molecular flexibility index (Phi) is 3.18. The second kappa shape index (κ2) is 4.63. The summed E-state index contributed by atoms with van der Waals surface area (Å²) in [5, 5.41) is 3.83. The van der Waals surface area contributed by atoms with Crippen molar-refractivity contribution in [2.75, 3.05) is 20.3 Å². The van der Waals surface area contributed by atoms with Crippen LogP contribution in [0.3, 0.4) is 0 Å². The summed E-state index contributed by atoms with van der Waals surface area (Å²) in [5.41, 5.74) is 0. The van der Waals surface area contributed by atoms with Gasteiger partial charge in [0.1, 0.15) is 0 Å². The maximum absolute atomic E-state index is 5.54. The minimum atomic E-state index is 0.626. The van der Waals surface area contributed by atoms with Crippen LogP contribution in [0.5, 0.6) is 0 Å². The van der Waals surface area contributed by atoms with E-state index in [1.54, 1.807) is 0 Å². The van der Waals surface area contributed by atoms with E-state index >= 15 is 0 Å². The van der Waals surface area contributed by atoms with E-state index in [9.17, 15) is 0 Å². The summed E-state index contributed by atoms with van der Waals surface area (Å²) in [4.78, 5) is 2.61. The Bertz CT molecular complexity index is 226. The fourth-order valence-electron chi connectivity index (χ4n) is 3.75. The van der Waals surface area contributed by atoms with E-state index in [0.717, 1.165) is 31.3 Å². The average Bonchev–Trinajstić information content (AvgIpc) is 2.54. The van der Waals surface area contributed by atoms with Crippen molar-refractivity contribution in [3.8, 4) is 0 Å². The zero-order chi connectivity index (χ0) is 11.0. The van der Waals surface area contributed by atoms with Gasteiger partial charge in [0, 0.05) is 30.8 Å². The topological polar surface area (TPSA) is 24.5 Å². The molecule has 0 spiro atoms. The standard InChI is InChI=1S/C13H24N2O/c1-15-12-4-5-13(15)8-11(7-12)14-10-3-2-6-16-9-10/h10-14H,2-9H2,1H3. The van der Waals surface area contributed by atoms with Gasteiger partial charge in [-0.2, -0.15) is 0 Å². The summed E-state index contributed by atoms with van der Waals surface area (Å²) in [6, 6.07) is 3.07. The minimum Gasteiger partial charge on any atom is -0.380 e. The van der Waals surface area contributed by atoms with Gasteiger partial charge in [0.15, 0.2) is 0 Å². The fourth-order valence-corrected chi connectivity index (χ4v) is 3.75. The van der Waals surface area contributed by atoms with E-state index in [4.69, 9.17) is 4.74 Å². The van der Waals surface area contributed by atoms with Crippen LogP contribution >= 0.6 is 0 Å². The third kappa shape index (κ3) is 2.13. The summed E-state index contributed by atoms with van der Waals surface area (Å²) >= 11 is 0. The highest BCUT2D eigenvalue weighted by molar-refractivity contribution is 4.96. The molecule has 3 saturated heterocycles. The number of hydrogen-bond acceptors (Lipinski definition) is 3. The highest BCUT2D eigenvalue weighted by Crippen LogP contribution is 2.34. The van der Waals surface area contributed by atoms with Crippen LogP contribution in [0, 0.1) is 0 Å². The van der Waals surface area contributed by atoms with E-state index in [0.29, 0.717) is 6.04 Å². The second-order valence-corrected chi connectivity index (χ2v) is 5.80. The van der Waals surface area contributed by atoms with Crippen molar-refractivity contribution in [1.29, 1.82) is 0 Å². The third-order valence-electron chi connectivity index (χ3n) is 4.73. The van der Waals surface area contributed by atoms with Crippen molar-refractivity contribution < 1.29 is 4.74 Å². The Hall–Kier alpha value is -0.120. The number of rotatable bonds is 2. The predicted octanol–water partition coefficient (Wildman–Crippen LogP) is 1.38. The van der Waals surface area contributed by atoms with E-state index in [2.05, 4.69) is 17.3 Å². The molecule has 0 amide bonds. The van der Waals surface area contributed by atoms with E-state index in [1.165, 1.54) is 38.5 Å². The van der Waals surface area contributed by atoms with Crippen LogP contribution in [0.2, 0.25) is 0 Å². The van der Waals surface area contributed by atoms with Crippen LogP contribution in [-0.4, -0.2) is 49.3 Å². The van der Waals surface area contributed by atoms with Crippen LogP contribution in [-0.2, 0) is 4.74 Å². The molecule has 3 aliphatic heterocycles. The molecule has 16 heavy (non-hydrogen) atoms. The number of nitrogens with zero attached hydrogens (tertiary/aromatic N) is 1. The molecular weight excluding hydrogens is 200 g/mol. The average molecular weight is 224 g/mol. The van der Waals surface area contributed by atoms with Gasteiger partial charge >= 0.3 is 0 Å². The Morgan fingerprint density at radius 3 is 2.44 bits per heavy atom. The van der Waals surface area contributed by atoms with Gasteiger partial charge in [0.25, 0.3) is 0 Å². The molecule has 0 aromatic heterocycles. The molecule has 2 bridgehead atoms. The van der Waals surface area contributed by atoms with Crippen LogP contribution in [0.4, 0.5) is 0 Å². The van der Waals surface area contributed by atoms with Crippen molar-refractivity contribution in [2.45, 2.75) is 62.7 Å². The number of piperidine rings is 1. The zero-order valence-corrected chi connectivity index (χ0v) is 10.3. The SMILES string of the molecule is CN1C2CCC1CC(NC1CCCOC1)C2. The molecule has 3 unspecified atom stereocenters. The fraction of sp³-hybridized carbons (Fsp3) is 1.00. The van der Waals surface area contributed by atoms with Crippen LogP contribution < -0.4 is 5.32 Å². The molecule has 0 aromatic rings. The molecule has 3 atom stereocenters. The van der Waals surface area contributed by atoms with Crippen LogP contribution in [0.25, 0.3) is 0 Å². The van der Waals surface area contributed by atoms with Crippen LogP contribution in [0.1, 0.15) is 38.5 Å². The summed E-state index contributed by atoms with van der Waals surface area (Å²) < 4.78 is 5.54. The molecule has 3 rings (SSSR count). The Morgan fingerprint density at radius 1 is 1.06 bits per heavy atom. The zero-order valence-electron chi connectivity index (χ0n) is 10.3. The molecule has 0 saturated carbocycles. The van der Waals surface area contributed by atoms with Gasteiger partial charge in [-0.1, -0.05) is 0 Å². The van der Waals surface area contributed by atoms with Gasteiger partial charge < -0.3 is 15.0 Å². The molecular formula is C13H24N2O. The lowest BCUT2D eigenvalue weighted by Gasteiger charge is -2.39. The lowest BCUT2D eigenvalue weighted by atomic mass is 9.96. The normalized spacial score (nSPS) is 44.8. The number of nitrogens with one attached hydrogen (secondary N) is 1. The summed E-state index contributed by atoms with van der Waals surface area (Å²) in [7, 11) is 2.31. The second-order valence-electron chi connectivity index (χ2n) is 5.80. The lowest BCUT2D eigenvalue weighted by Crippen LogP contribution is -2.51. The smallest absolute Gasteiger partial charge is 0.0619 e. The first-order valence-electron chi connectivity index (χ1n) is 6.88. The molecule has 3 heteroatoms. The maximum atomic E-state index is 5.54. The molecule has 0 radical (unpaired) electrons. The Labute approximate surface area is 98.5 Å². The molecule has 92 valence electrons. The highest BCUT2D eigenvalue weighted by atomic mass is 16.5. The lowest BCUT2D eigenvalue weighted by molar-refractivity contribution is 0.0569. The van der Waals surface area contributed by atoms with Gasteiger partial charge in [-0.05, 0) is 45.6 Å². The van der Waals surface area contributed by atoms with Gasteiger partial charge in [-0.3, -0.25) is 0 Å². The first-order chi connectivity index (χ1) is 7.83. The molecule has 0 aromatic carbocycles. The van der Waals surface area contributed by atoms with E-state index in [-0.39, 0.29) is 0 Å². The first kappa shape index (κ1) is 11.0. The van der Waals surface area contributed by atoms with E-state index < -0.39 is 0 Å².